The van der Waals surface area contributed by atoms with Crippen molar-refractivity contribution in [2.45, 2.75) is 26.3 Å². The number of aryl methyl sites for hydroxylation is 1. The molecule has 0 spiro atoms. The summed E-state index contributed by atoms with van der Waals surface area (Å²) >= 11 is 0. The minimum Gasteiger partial charge on any atom is -0.394 e. The summed E-state index contributed by atoms with van der Waals surface area (Å²) < 4.78 is 1.65. The van der Waals surface area contributed by atoms with E-state index in [-0.39, 0.29) is 12.5 Å². The summed E-state index contributed by atoms with van der Waals surface area (Å²) in [6, 6.07) is 5.34. The number of benzene rings is 1. The normalized spacial score (nSPS) is 11.4. The van der Waals surface area contributed by atoms with Gasteiger partial charge >= 0.3 is 0 Å². The van der Waals surface area contributed by atoms with E-state index < -0.39 is 5.54 Å². The van der Waals surface area contributed by atoms with Crippen molar-refractivity contribution in [2.75, 3.05) is 6.61 Å². The van der Waals surface area contributed by atoms with E-state index in [4.69, 9.17) is 0 Å². The second-order valence-corrected chi connectivity index (χ2v) is 5.34. The van der Waals surface area contributed by atoms with E-state index in [0.29, 0.717) is 5.56 Å². The number of nitrogens with one attached hydrogen (secondary N) is 1. The lowest BCUT2D eigenvalue weighted by atomic mass is 10.0. The maximum atomic E-state index is 12.1. The van der Waals surface area contributed by atoms with Crippen molar-refractivity contribution in [1.82, 2.24) is 20.1 Å². The number of hydrogen-bond donors (Lipinski definition) is 2. The van der Waals surface area contributed by atoms with Gasteiger partial charge in [0, 0.05) is 5.56 Å². The summed E-state index contributed by atoms with van der Waals surface area (Å²) in [7, 11) is 0. The van der Waals surface area contributed by atoms with E-state index in [2.05, 4.69) is 15.4 Å². The largest absolute Gasteiger partial charge is 0.394 e. The molecule has 6 heteroatoms. The summed E-state index contributed by atoms with van der Waals surface area (Å²) in [4.78, 5) is 16.0. The van der Waals surface area contributed by atoms with Gasteiger partial charge in [-0.05, 0) is 44.5 Å². The van der Waals surface area contributed by atoms with E-state index in [1.807, 2.05) is 13.0 Å². The molecule has 0 fully saturated rings. The van der Waals surface area contributed by atoms with Gasteiger partial charge in [-0.1, -0.05) is 0 Å². The molecule has 106 valence electrons. The zero-order valence-corrected chi connectivity index (χ0v) is 11.8. The minimum absolute atomic E-state index is 0.116. The summed E-state index contributed by atoms with van der Waals surface area (Å²) in [5, 5.41) is 16.0. The van der Waals surface area contributed by atoms with Gasteiger partial charge in [0.1, 0.15) is 12.7 Å². The number of hydrogen-bond acceptors (Lipinski definition) is 4. The molecule has 0 saturated heterocycles. The predicted molar refractivity (Wildman–Crippen MR) is 74.7 cm³/mol. The monoisotopic (exact) mass is 274 g/mol. The Hall–Kier alpha value is -2.21. The number of aliphatic hydroxyl groups is 1. The molecule has 20 heavy (non-hydrogen) atoms. The van der Waals surface area contributed by atoms with Gasteiger partial charge in [-0.25, -0.2) is 9.67 Å². The fourth-order valence-corrected chi connectivity index (χ4v) is 1.81. The first-order valence-corrected chi connectivity index (χ1v) is 6.32. The number of carbonyl (C=O) groups is 1. The minimum atomic E-state index is -0.643. The lowest BCUT2D eigenvalue weighted by molar-refractivity contribution is 0.0869. The van der Waals surface area contributed by atoms with Crippen molar-refractivity contribution >= 4 is 5.91 Å². The van der Waals surface area contributed by atoms with Crippen LogP contribution in [0, 0.1) is 6.92 Å². The second kappa shape index (κ2) is 5.42. The predicted octanol–water partition coefficient (Wildman–Crippen LogP) is 1.08. The molecule has 0 aliphatic carbocycles. The van der Waals surface area contributed by atoms with E-state index in [9.17, 15) is 9.90 Å². The third-order valence-corrected chi connectivity index (χ3v) is 2.97. The Morgan fingerprint density at radius 1 is 1.45 bits per heavy atom. The van der Waals surface area contributed by atoms with Crippen LogP contribution in [-0.2, 0) is 0 Å². The van der Waals surface area contributed by atoms with Crippen molar-refractivity contribution < 1.29 is 9.90 Å². The first-order valence-electron chi connectivity index (χ1n) is 6.32. The molecule has 1 heterocycles. The maximum absolute atomic E-state index is 12.1. The molecule has 6 nitrogen and oxygen atoms in total. The van der Waals surface area contributed by atoms with Crippen LogP contribution in [0.3, 0.4) is 0 Å². The Morgan fingerprint density at radius 2 is 2.20 bits per heavy atom. The Kier molecular flexibility index (Phi) is 3.85. The highest BCUT2D eigenvalue weighted by molar-refractivity contribution is 5.95. The van der Waals surface area contributed by atoms with Gasteiger partial charge in [-0.3, -0.25) is 4.79 Å². The molecule has 0 aliphatic rings. The molecular formula is C14H18N4O2. The van der Waals surface area contributed by atoms with Gasteiger partial charge in [0.2, 0.25) is 0 Å². The van der Waals surface area contributed by atoms with Crippen molar-refractivity contribution in [3.05, 3.63) is 42.0 Å². The zero-order valence-electron chi connectivity index (χ0n) is 11.8. The van der Waals surface area contributed by atoms with Gasteiger partial charge in [-0.15, -0.1) is 0 Å². The summed E-state index contributed by atoms with van der Waals surface area (Å²) in [6.07, 6.45) is 3.07. The lowest BCUT2D eigenvalue weighted by Gasteiger charge is -2.23. The average Bonchev–Trinajstić information content (AvgIpc) is 2.92. The Bertz CT molecular complexity index is 606. The van der Waals surface area contributed by atoms with Gasteiger partial charge in [0.15, 0.2) is 0 Å². The van der Waals surface area contributed by atoms with E-state index in [1.165, 1.54) is 6.33 Å². The molecule has 0 saturated carbocycles. The van der Waals surface area contributed by atoms with Gasteiger partial charge in [0.05, 0.1) is 17.8 Å². The topological polar surface area (TPSA) is 80.0 Å². The highest BCUT2D eigenvalue weighted by atomic mass is 16.3. The van der Waals surface area contributed by atoms with Crippen LogP contribution >= 0.6 is 0 Å². The zero-order chi connectivity index (χ0) is 14.8. The van der Waals surface area contributed by atoms with Crippen LogP contribution in [0.5, 0.6) is 0 Å². The first kappa shape index (κ1) is 14.2. The summed E-state index contributed by atoms with van der Waals surface area (Å²) in [6.45, 7) is 5.32. The van der Waals surface area contributed by atoms with Crippen LogP contribution in [0.2, 0.25) is 0 Å². The van der Waals surface area contributed by atoms with Crippen LogP contribution in [-0.4, -0.2) is 37.9 Å². The number of aliphatic hydroxyl groups excluding tert-OH is 1. The van der Waals surface area contributed by atoms with Gasteiger partial charge in [0.25, 0.3) is 5.91 Å². The third-order valence-electron chi connectivity index (χ3n) is 2.97. The fraction of sp³-hybridized carbons (Fsp3) is 0.357. The molecule has 2 N–H and O–H groups in total. The van der Waals surface area contributed by atoms with Crippen LogP contribution < -0.4 is 5.32 Å². The van der Waals surface area contributed by atoms with Crippen LogP contribution in [0.25, 0.3) is 5.69 Å². The molecule has 1 aromatic heterocycles. The molecule has 0 radical (unpaired) electrons. The van der Waals surface area contributed by atoms with E-state index >= 15 is 0 Å². The molecule has 0 atom stereocenters. The molecule has 0 bridgehead atoms. The number of carbonyl (C=O) groups excluding carboxylic acids is 1. The molecule has 2 aromatic rings. The van der Waals surface area contributed by atoms with Crippen LogP contribution in [0.15, 0.2) is 30.9 Å². The lowest BCUT2D eigenvalue weighted by Crippen LogP contribution is -2.46. The molecule has 2 rings (SSSR count). The summed E-state index contributed by atoms with van der Waals surface area (Å²) in [5.74, 6) is -0.211. The number of nitrogens with zero attached hydrogens (tertiary/aromatic N) is 3. The highest BCUT2D eigenvalue weighted by Gasteiger charge is 2.20. The van der Waals surface area contributed by atoms with Crippen molar-refractivity contribution in [3.8, 4) is 5.69 Å². The number of rotatable bonds is 4. The quantitative estimate of drug-likeness (QED) is 0.874. The molecule has 0 aliphatic heterocycles. The SMILES string of the molecule is Cc1cc(C(=O)NC(C)(C)CO)ccc1-n1cncn1. The Morgan fingerprint density at radius 3 is 2.75 bits per heavy atom. The summed E-state index contributed by atoms with van der Waals surface area (Å²) in [5.41, 5.74) is 1.70. The Balaban J connectivity index is 2.23. The van der Waals surface area contributed by atoms with Crippen molar-refractivity contribution in [2.24, 2.45) is 0 Å². The number of aromatic nitrogens is 3. The maximum Gasteiger partial charge on any atom is 0.251 e. The van der Waals surface area contributed by atoms with Gasteiger partial charge < -0.3 is 10.4 Å². The molecule has 1 aromatic carbocycles. The van der Waals surface area contributed by atoms with Crippen molar-refractivity contribution in [3.63, 3.8) is 0 Å². The van der Waals surface area contributed by atoms with Crippen LogP contribution in [0.4, 0.5) is 0 Å². The highest BCUT2D eigenvalue weighted by Crippen LogP contribution is 2.15. The first-order chi connectivity index (χ1) is 9.43. The molecule has 0 unspecified atom stereocenters. The smallest absolute Gasteiger partial charge is 0.251 e. The fourth-order valence-electron chi connectivity index (χ4n) is 1.81. The van der Waals surface area contributed by atoms with E-state index in [1.54, 1.807) is 37.0 Å². The second-order valence-electron chi connectivity index (χ2n) is 5.34. The van der Waals surface area contributed by atoms with E-state index in [0.717, 1.165) is 11.3 Å². The van der Waals surface area contributed by atoms with Crippen LogP contribution in [0.1, 0.15) is 29.8 Å². The Labute approximate surface area is 117 Å². The van der Waals surface area contributed by atoms with Crippen molar-refractivity contribution in [1.29, 1.82) is 0 Å². The number of amides is 1. The van der Waals surface area contributed by atoms with Gasteiger partial charge in [-0.2, -0.15) is 5.10 Å². The third kappa shape index (κ3) is 3.03. The average molecular weight is 274 g/mol. The molecule has 1 amide bonds. The standard InChI is InChI=1S/C14H18N4O2/c1-10-6-11(13(20)17-14(2,3)7-19)4-5-12(10)18-9-15-8-16-18/h4-6,8-9,19H,7H2,1-3H3,(H,17,20). The molecular weight excluding hydrogens is 256 g/mol.